The van der Waals surface area contributed by atoms with E-state index in [1.807, 2.05) is 13.0 Å². The lowest BCUT2D eigenvalue weighted by Gasteiger charge is -2.08. The maximum atomic E-state index is 5.69. The minimum absolute atomic E-state index is 0.139. The van der Waals surface area contributed by atoms with Crippen molar-refractivity contribution in [1.82, 2.24) is 0 Å². The maximum Gasteiger partial charge on any atom is 0.0238 e. The fraction of sp³-hybridized carbons (Fsp3) is 0.750. The van der Waals surface area contributed by atoms with Gasteiger partial charge in [-0.15, -0.1) is 0 Å². The minimum atomic E-state index is 0.139. The molecule has 4 N–H and O–H groups in total. The molecular weight excluding hydrogens is 124 g/mol. The van der Waals surface area contributed by atoms with Crippen LogP contribution in [0.2, 0.25) is 0 Å². The smallest absolute Gasteiger partial charge is 0.0238 e. The first-order valence-corrected chi connectivity index (χ1v) is 3.84. The van der Waals surface area contributed by atoms with E-state index in [2.05, 4.69) is 13.0 Å². The fourth-order valence-electron chi connectivity index (χ4n) is 0.819. The molecular formula is C8H18N2. The molecule has 60 valence electrons. The summed E-state index contributed by atoms with van der Waals surface area (Å²) in [6.45, 7) is 4.06. The molecule has 0 aliphatic rings. The number of hydrogen-bond donors (Lipinski definition) is 2. The molecule has 0 amide bonds. The van der Waals surface area contributed by atoms with Crippen molar-refractivity contribution >= 4 is 0 Å². The Bertz CT molecular complexity index is 97.4. The monoisotopic (exact) mass is 142 g/mol. The van der Waals surface area contributed by atoms with Gasteiger partial charge in [0.1, 0.15) is 0 Å². The molecule has 0 aromatic rings. The van der Waals surface area contributed by atoms with E-state index in [1.54, 1.807) is 0 Å². The minimum Gasteiger partial charge on any atom is -0.328 e. The zero-order valence-electron chi connectivity index (χ0n) is 6.88. The molecule has 0 rings (SSSR count). The van der Waals surface area contributed by atoms with Crippen LogP contribution in [0.25, 0.3) is 0 Å². The van der Waals surface area contributed by atoms with Gasteiger partial charge in [0.15, 0.2) is 0 Å². The second-order valence-corrected chi connectivity index (χ2v) is 2.71. The van der Waals surface area contributed by atoms with Gasteiger partial charge in [-0.25, -0.2) is 0 Å². The Morgan fingerprint density at radius 1 is 1.40 bits per heavy atom. The third kappa shape index (κ3) is 5.79. The molecule has 0 saturated heterocycles. The molecule has 0 heterocycles. The highest BCUT2D eigenvalue weighted by molar-refractivity contribution is 4.91. The molecule has 0 aliphatic carbocycles. The van der Waals surface area contributed by atoms with Gasteiger partial charge in [0, 0.05) is 12.1 Å². The Hall–Kier alpha value is -0.340. The van der Waals surface area contributed by atoms with Gasteiger partial charge in [0.25, 0.3) is 0 Å². The van der Waals surface area contributed by atoms with E-state index in [0.29, 0.717) is 0 Å². The van der Waals surface area contributed by atoms with Gasteiger partial charge in [0.2, 0.25) is 0 Å². The molecule has 0 fully saturated rings. The highest BCUT2D eigenvalue weighted by Crippen LogP contribution is 1.94. The van der Waals surface area contributed by atoms with Crippen molar-refractivity contribution in [3.8, 4) is 0 Å². The first kappa shape index (κ1) is 9.66. The normalized spacial score (nSPS) is 17.6. The van der Waals surface area contributed by atoms with Gasteiger partial charge in [0.05, 0.1) is 0 Å². The van der Waals surface area contributed by atoms with Crippen molar-refractivity contribution in [3.05, 3.63) is 12.2 Å². The topological polar surface area (TPSA) is 52.0 Å². The van der Waals surface area contributed by atoms with Crippen molar-refractivity contribution in [2.45, 2.75) is 38.8 Å². The fourth-order valence-corrected chi connectivity index (χ4v) is 0.819. The van der Waals surface area contributed by atoms with E-state index in [9.17, 15) is 0 Å². The average Bonchev–Trinajstić information content (AvgIpc) is 1.82. The van der Waals surface area contributed by atoms with Gasteiger partial charge in [-0.05, 0) is 19.8 Å². The van der Waals surface area contributed by atoms with Crippen LogP contribution in [0.4, 0.5) is 0 Å². The largest absolute Gasteiger partial charge is 0.328 e. The lowest BCUT2D eigenvalue weighted by Crippen LogP contribution is -2.27. The van der Waals surface area contributed by atoms with Crippen LogP contribution in [0.15, 0.2) is 12.2 Å². The van der Waals surface area contributed by atoms with Crippen molar-refractivity contribution in [3.63, 3.8) is 0 Å². The predicted octanol–water partition coefficient (Wildman–Crippen LogP) is 1.02. The molecule has 2 heteroatoms. The van der Waals surface area contributed by atoms with Crippen LogP contribution >= 0.6 is 0 Å². The summed E-state index contributed by atoms with van der Waals surface area (Å²) in [5.41, 5.74) is 11.2. The second kappa shape index (κ2) is 5.45. The number of allylic oxidation sites excluding steroid dienone is 1. The second-order valence-electron chi connectivity index (χ2n) is 2.71. The molecule has 0 bridgehead atoms. The number of rotatable bonds is 4. The summed E-state index contributed by atoms with van der Waals surface area (Å²) in [7, 11) is 0. The van der Waals surface area contributed by atoms with E-state index in [4.69, 9.17) is 11.5 Å². The summed E-state index contributed by atoms with van der Waals surface area (Å²) < 4.78 is 0. The molecule has 0 spiro atoms. The lowest BCUT2D eigenvalue weighted by atomic mass is 10.1. The molecule has 0 saturated carbocycles. The Morgan fingerprint density at radius 3 is 2.40 bits per heavy atom. The van der Waals surface area contributed by atoms with Gasteiger partial charge >= 0.3 is 0 Å². The van der Waals surface area contributed by atoms with Crippen molar-refractivity contribution in [2.75, 3.05) is 0 Å². The molecule has 0 radical (unpaired) electrons. The van der Waals surface area contributed by atoms with Crippen LogP contribution in [-0.4, -0.2) is 12.1 Å². The van der Waals surface area contributed by atoms with E-state index in [1.165, 1.54) is 0 Å². The summed E-state index contributed by atoms with van der Waals surface area (Å²) in [4.78, 5) is 0. The van der Waals surface area contributed by atoms with Crippen LogP contribution in [-0.2, 0) is 0 Å². The zero-order valence-corrected chi connectivity index (χ0v) is 6.88. The van der Waals surface area contributed by atoms with E-state index < -0.39 is 0 Å². The first-order chi connectivity index (χ1) is 4.66. The third-order valence-electron chi connectivity index (χ3n) is 1.26. The van der Waals surface area contributed by atoms with E-state index in [0.717, 1.165) is 12.8 Å². The zero-order chi connectivity index (χ0) is 7.98. The van der Waals surface area contributed by atoms with Crippen LogP contribution in [0.5, 0.6) is 0 Å². The maximum absolute atomic E-state index is 5.69. The summed E-state index contributed by atoms with van der Waals surface area (Å²) in [5.74, 6) is 0. The van der Waals surface area contributed by atoms with Crippen LogP contribution in [0.3, 0.4) is 0 Å². The molecule has 2 atom stereocenters. The summed E-state index contributed by atoms with van der Waals surface area (Å²) >= 11 is 0. The highest BCUT2D eigenvalue weighted by Gasteiger charge is 1.99. The molecule has 0 aliphatic heterocycles. The first-order valence-electron chi connectivity index (χ1n) is 3.84. The van der Waals surface area contributed by atoms with Gasteiger partial charge in [-0.2, -0.15) is 0 Å². The van der Waals surface area contributed by atoms with Crippen LogP contribution < -0.4 is 11.5 Å². The molecule has 0 aromatic heterocycles. The summed E-state index contributed by atoms with van der Waals surface area (Å²) in [6.07, 6.45) is 6.01. The quantitative estimate of drug-likeness (QED) is 0.576. The Morgan fingerprint density at radius 2 is 2.00 bits per heavy atom. The van der Waals surface area contributed by atoms with Gasteiger partial charge in [-0.3, -0.25) is 0 Å². The number of hydrogen-bond acceptors (Lipinski definition) is 2. The van der Waals surface area contributed by atoms with Crippen molar-refractivity contribution in [2.24, 2.45) is 11.5 Å². The molecule has 2 nitrogen and oxygen atoms in total. The van der Waals surface area contributed by atoms with Gasteiger partial charge in [-0.1, -0.05) is 19.1 Å². The van der Waals surface area contributed by atoms with E-state index >= 15 is 0 Å². The van der Waals surface area contributed by atoms with E-state index in [-0.39, 0.29) is 12.1 Å². The third-order valence-corrected chi connectivity index (χ3v) is 1.26. The van der Waals surface area contributed by atoms with Crippen molar-refractivity contribution < 1.29 is 0 Å². The molecule has 2 unspecified atom stereocenters. The standard InChI is InChI=1S/C8H18N2/c1-3-4-5-8(10)6-7(2)9/h4-5,7-8H,3,6,9-10H2,1-2H3. The average molecular weight is 142 g/mol. The SMILES string of the molecule is CCC=CC(N)CC(C)N. The molecule has 10 heavy (non-hydrogen) atoms. The lowest BCUT2D eigenvalue weighted by molar-refractivity contribution is 0.612. The Balaban J connectivity index is 3.42. The van der Waals surface area contributed by atoms with Crippen molar-refractivity contribution in [1.29, 1.82) is 0 Å². The van der Waals surface area contributed by atoms with Crippen LogP contribution in [0.1, 0.15) is 26.7 Å². The summed E-state index contributed by atoms with van der Waals surface area (Å²) in [6, 6.07) is 0.344. The van der Waals surface area contributed by atoms with Gasteiger partial charge < -0.3 is 11.5 Å². The Kier molecular flexibility index (Phi) is 5.26. The highest BCUT2D eigenvalue weighted by atomic mass is 14.7. The summed E-state index contributed by atoms with van der Waals surface area (Å²) in [5, 5.41) is 0. The van der Waals surface area contributed by atoms with Crippen LogP contribution in [0, 0.1) is 0 Å². The predicted molar refractivity (Wildman–Crippen MR) is 45.7 cm³/mol. The molecule has 0 aromatic carbocycles. The Labute approximate surface area is 63.3 Å². The number of nitrogens with two attached hydrogens (primary N) is 2.